The van der Waals surface area contributed by atoms with Gasteiger partial charge in [0, 0.05) is 0 Å². The van der Waals surface area contributed by atoms with Crippen LogP contribution in [0.4, 0.5) is 0 Å². The topological polar surface area (TPSA) is 49.3 Å². The normalized spacial score (nSPS) is 14.8. The van der Waals surface area contributed by atoms with Gasteiger partial charge in [0.2, 0.25) is 0 Å². The molecule has 0 spiro atoms. The Morgan fingerprint density at radius 2 is 2.09 bits per heavy atom. The van der Waals surface area contributed by atoms with Crippen LogP contribution >= 0.6 is 12.4 Å². The van der Waals surface area contributed by atoms with Gasteiger partial charge < -0.3 is 10.4 Å². The van der Waals surface area contributed by atoms with Crippen LogP contribution in [0.5, 0.6) is 0 Å². The summed E-state index contributed by atoms with van der Waals surface area (Å²) in [5.74, 6) is -0.570. The number of likely N-dealkylation sites (N-methyl/N-ethyl adjacent to an activating group) is 1. The van der Waals surface area contributed by atoms with E-state index in [2.05, 4.69) is 5.32 Å². The van der Waals surface area contributed by atoms with Crippen LogP contribution in [-0.4, -0.2) is 24.2 Å². The standard InChI is InChI=1S/C7H15NO2.ClH/c1-4-5(2)6(8-3)7(9)10;/h5-6,8H,4H2,1-3H3,(H,9,10);1H/t5-,6+;/m0./s1. The summed E-state index contributed by atoms with van der Waals surface area (Å²) >= 11 is 0. The number of halogens is 1. The van der Waals surface area contributed by atoms with E-state index in [1.165, 1.54) is 0 Å². The molecule has 0 rings (SSSR count). The van der Waals surface area contributed by atoms with Crippen LogP contribution in [0, 0.1) is 5.92 Å². The third-order valence-corrected chi connectivity index (χ3v) is 1.79. The van der Waals surface area contributed by atoms with Gasteiger partial charge in [0.05, 0.1) is 0 Å². The van der Waals surface area contributed by atoms with Gasteiger partial charge in [0.1, 0.15) is 6.04 Å². The zero-order valence-electron chi connectivity index (χ0n) is 7.13. The van der Waals surface area contributed by atoms with Crippen molar-refractivity contribution in [3.8, 4) is 0 Å². The maximum atomic E-state index is 10.5. The van der Waals surface area contributed by atoms with Crippen molar-refractivity contribution in [2.75, 3.05) is 7.05 Å². The van der Waals surface area contributed by atoms with Gasteiger partial charge in [-0.15, -0.1) is 12.4 Å². The van der Waals surface area contributed by atoms with E-state index in [-0.39, 0.29) is 18.3 Å². The van der Waals surface area contributed by atoms with Gasteiger partial charge in [-0.25, -0.2) is 0 Å². The number of rotatable bonds is 4. The van der Waals surface area contributed by atoms with Crippen molar-refractivity contribution in [3.63, 3.8) is 0 Å². The lowest BCUT2D eigenvalue weighted by Crippen LogP contribution is -2.39. The van der Waals surface area contributed by atoms with Crippen molar-refractivity contribution in [2.24, 2.45) is 5.92 Å². The molecule has 0 radical (unpaired) electrons. The van der Waals surface area contributed by atoms with Crippen LogP contribution in [0.2, 0.25) is 0 Å². The summed E-state index contributed by atoms with van der Waals surface area (Å²) in [5, 5.41) is 11.4. The van der Waals surface area contributed by atoms with Gasteiger partial charge >= 0.3 is 5.97 Å². The monoisotopic (exact) mass is 181 g/mol. The van der Waals surface area contributed by atoms with Gasteiger partial charge in [-0.3, -0.25) is 4.79 Å². The van der Waals surface area contributed by atoms with E-state index in [4.69, 9.17) is 5.11 Å². The second kappa shape index (κ2) is 6.43. The molecule has 0 aromatic heterocycles. The highest BCUT2D eigenvalue weighted by molar-refractivity contribution is 5.85. The summed E-state index contributed by atoms with van der Waals surface area (Å²) in [6.07, 6.45) is 0.887. The molecule has 0 aliphatic carbocycles. The van der Waals surface area contributed by atoms with E-state index in [9.17, 15) is 4.79 Å². The van der Waals surface area contributed by atoms with Crippen molar-refractivity contribution in [3.05, 3.63) is 0 Å². The Morgan fingerprint density at radius 3 is 2.18 bits per heavy atom. The summed E-state index contributed by atoms with van der Waals surface area (Å²) in [5.41, 5.74) is 0. The number of carbonyl (C=O) groups is 1. The molecule has 4 heteroatoms. The number of carboxylic acids is 1. The first kappa shape index (κ1) is 13.3. The summed E-state index contributed by atoms with van der Waals surface area (Å²) in [7, 11) is 1.67. The Bertz CT molecular complexity index is 119. The van der Waals surface area contributed by atoms with Crippen molar-refractivity contribution < 1.29 is 9.90 Å². The molecule has 2 N–H and O–H groups in total. The van der Waals surface area contributed by atoms with Crippen LogP contribution in [-0.2, 0) is 4.79 Å². The predicted octanol–water partition coefficient (Wildman–Crippen LogP) is 1.13. The van der Waals surface area contributed by atoms with E-state index < -0.39 is 12.0 Å². The molecule has 0 aliphatic heterocycles. The van der Waals surface area contributed by atoms with Crippen molar-refractivity contribution >= 4 is 18.4 Å². The molecule has 11 heavy (non-hydrogen) atoms. The zero-order valence-corrected chi connectivity index (χ0v) is 7.94. The van der Waals surface area contributed by atoms with Crippen LogP contribution in [0.25, 0.3) is 0 Å². The molecule has 0 heterocycles. The maximum absolute atomic E-state index is 10.5. The van der Waals surface area contributed by atoms with Crippen molar-refractivity contribution in [2.45, 2.75) is 26.3 Å². The molecule has 0 unspecified atom stereocenters. The molecular formula is C7H16ClNO2. The smallest absolute Gasteiger partial charge is 0.320 e. The average molecular weight is 182 g/mol. The fourth-order valence-corrected chi connectivity index (χ4v) is 0.887. The molecule has 0 saturated heterocycles. The fraction of sp³-hybridized carbons (Fsp3) is 0.857. The largest absolute Gasteiger partial charge is 0.480 e. The molecule has 0 aliphatic rings. The SMILES string of the molecule is CC[C@H](C)[C@@H](NC)C(=O)O.Cl. The lowest BCUT2D eigenvalue weighted by Gasteiger charge is -2.16. The molecule has 0 aromatic rings. The van der Waals surface area contributed by atoms with Crippen molar-refractivity contribution in [1.29, 1.82) is 0 Å². The third kappa shape index (κ3) is 4.22. The van der Waals surface area contributed by atoms with Gasteiger partial charge in [-0.1, -0.05) is 20.3 Å². The number of carboxylic acid groups (broad SMARTS) is 1. The molecule has 0 saturated carbocycles. The summed E-state index contributed by atoms with van der Waals surface area (Å²) in [6.45, 7) is 3.91. The lowest BCUT2D eigenvalue weighted by atomic mass is 10.00. The number of nitrogens with one attached hydrogen (secondary N) is 1. The average Bonchev–Trinajstić information content (AvgIpc) is 1.88. The molecule has 0 bridgehead atoms. The minimum Gasteiger partial charge on any atom is -0.480 e. The molecular weight excluding hydrogens is 166 g/mol. The molecule has 3 nitrogen and oxygen atoms in total. The highest BCUT2D eigenvalue weighted by Crippen LogP contribution is 2.06. The third-order valence-electron chi connectivity index (χ3n) is 1.79. The van der Waals surface area contributed by atoms with E-state index in [0.29, 0.717) is 0 Å². The second-order valence-corrected chi connectivity index (χ2v) is 2.49. The lowest BCUT2D eigenvalue weighted by molar-refractivity contribution is -0.140. The van der Waals surface area contributed by atoms with Crippen LogP contribution < -0.4 is 5.32 Å². The second-order valence-electron chi connectivity index (χ2n) is 2.49. The molecule has 0 fully saturated rings. The molecule has 2 atom stereocenters. The quantitative estimate of drug-likeness (QED) is 0.684. The molecule has 0 aromatic carbocycles. The highest BCUT2D eigenvalue weighted by atomic mass is 35.5. The van der Waals surface area contributed by atoms with Crippen LogP contribution in [0.15, 0.2) is 0 Å². The van der Waals surface area contributed by atoms with E-state index in [1.807, 2.05) is 13.8 Å². The summed E-state index contributed by atoms with van der Waals surface area (Å²) < 4.78 is 0. The Hall–Kier alpha value is -0.280. The Morgan fingerprint density at radius 1 is 1.64 bits per heavy atom. The van der Waals surface area contributed by atoms with Gasteiger partial charge in [0.25, 0.3) is 0 Å². The van der Waals surface area contributed by atoms with Gasteiger partial charge in [-0.2, -0.15) is 0 Å². The molecule has 0 amide bonds. The fourth-order valence-electron chi connectivity index (χ4n) is 0.887. The minimum absolute atomic E-state index is 0. The summed E-state index contributed by atoms with van der Waals surface area (Å²) in [4.78, 5) is 10.5. The van der Waals surface area contributed by atoms with E-state index in [1.54, 1.807) is 7.05 Å². The van der Waals surface area contributed by atoms with Crippen LogP contribution in [0.3, 0.4) is 0 Å². The van der Waals surface area contributed by atoms with E-state index >= 15 is 0 Å². The summed E-state index contributed by atoms with van der Waals surface area (Å²) in [6, 6.07) is -0.398. The van der Waals surface area contributed by atoms with Crippen LogP contribution in [0.1, 0.15) is 20.3 Å². The number of hydrogen-bond donors (Lipinski definition) is 2. The minimum atomic E-state index is -0.767. The first-order valence-electron chi connectivity index (χ1n) is 3.53. The zero-order chi connectivity index (χ0) is 8.15. The van der Waals surface area contributed by atoms with E-state index in [0.717, 1.165) is 6.42 Å². The number of hydrogen-bond acceptors (Lipinski definition) is 2. The number of aliphatic carboxylic acids is 1. The predicted molar refractivity (Wildman–Crippen MR) is 47.2 cm³/mol. The molecule has 68 valence electrons. The highest BCUT2D eigenvalue weighted by Gasteiger charge is 2.20. The Labute approximate surface area is 73.6 Å². The Balaban J connectivity index is 0. The maximum Gasteiger partial charge on any atom is 0.320 e. The van der Waals surface area contributed by atoms with Gasteiger partial charge in [-0.05, 0) is 13.0 Å². The Kier molecular flexibility index (Phi) is 7.79. The first-order chi connectivity index (χ1) is 4.63. The van der Waals surface area contributed by atoms with Gasteiger partial charge in [0.15, 0.2) is 0 Å². The first-order valence-corrected chi connectivity index (χ1v) is 3.53. The van der Waals surface area contributed by atoms with Crippen molar-refractivity contribution in [1.82, 2.24) is 5.32 Å².